The van der Waals surface area contributed by atoms with E-state index in [1.165, 1.54) is 11.8 Å². The summed E-state index contributed by atoms with van der Waals surface area (Å²) in [6.45, 7) is 5.41. The van der Waals surface area contributed by atoms with E-state index in [1.54, 1.807) is 0 Å². The zero-order valence-electron chi connectivity index (χ0n) is 12.7. The molecule has 1 fully saturated rings. The van der Waals surface area contributed by atoms with Crippen LogP contribution in [0.25, 0.3) is 11.1 Å². The standard InChI is InChI=1S/C16H21N3O2S/c1-2-19-9-7-12(8-10-19)17-15(20)11-22-16-18-13-5-3-4-6-14(13)21-16/h3-6,12H,2,7-11H2,1H3,(H,17,20). The molecule has 1 N–H and O–H groups in total. The van der Waals surface area contributed by atoms with Crippen LogP contribution >= 0.6 is 11.8 Å². The van der Waals surface area contributed by atoms with E-state index in [4.69, 9.17) is 4.42 Å². The van der Waals surface area contributed by atoms with Crippen molar-refractivity contribution in [3.05, 3.63) is 24.3 Å². The Bertz CT molecular complexity index is 602. The normalized spacial score (nSPS) is 17.0. The molecule has 1 aromatic heterocycles. The first kappa shape index (κ1) is 15.4. The number of fused-ring (bicyclic) bond motifs is 1. The number of piperidine rings is 1. The molecule has 0 saturated carbocycles. The third kappa shape index (κ3) is 3.81. The number of hydrogen-bond donors (Lipinski definition) is 1. The van der Waals surface area contributed by atoms with E-state index in [2.05, 4.69) is 22.1 Å². The van der Waals surface area contributed by atoms with Crippen molar-refractivity contribution in [3.8, 4) is 0 Å². The number of rotatable bonds is 5. The maximum absolute atomic E-state index is 12.0. The highest BCUT2D eigenvalue weighted by Crippen LogP contribution is 2.23. The van der Waals surface area contributed by atoms with E-state index < -0.39 is 0 Å². The van der Waals surface area contributed by atoms with Crippen molar-refractivity contribution in [2.45, 2.75) is 31.0 Å². The molecule has 0 bridgehead atoms. The van der Waals surface area contributed by atoms with Gasteiger partial charge in [-0.25, -0.2) is 4.98 Å². The molecule has 0 spiro atoms. The summed E-state index contributed by atoms with van der Waals surface area (Å²) < 4.78 is 5.60. The fourth-order valence-corrected chi connectivity index (χ4v) is 3.35. The van der Waals surface area contributed by atoms with Gasteiger partial charge in [0.05, 0.1) is 5.75 Å². The monoisotopic (exact) mass is 319 g/mol. The van der Waals surface area contributed by atoms with Gasteiger partial charge in [-0.1, -0.05) is 30.8 Å². The summed E-state index contributed by atoms with van der Waals surface area (Å²) >= 11 is 1.35. The molecule has 1 aliphatic heterocycles. The highest BCUT2D eigenvalue weighted by Gasteiger charge is 2.19. The molecule has 5 nitrogen and oxygen atoms in total. The van der Waals surface area contributed by atoms with Crippen LogP contribution in [-0.4, -0.2) is 47.2 Å². The van der Waals surface area contributed by atoms with Gasteiger partial charge in [0.2, 0.25) is 5.91 Å². The van der Waals surface area contributed by atoms with Gasteiger partial charge in [0, 0.05) is 19.1 Å². The number of aromatic nitrogens is 1. The van der Waals surface area contributed by atoms with Gasteiger partial charge in [-0.3, -0.25) is 4.79 Å². The lowest BCUT2D eigenvalue weighted by Crippen LogP contribution is -2.45. The Kier molecular flexibility index (Phi) is 5.00. The summed E-state index contributed by atoms with van der Waals surface area (Å²) in [5, 5.41) is 3.66. The lowest BCUT2D eigenvalue weighted by molar-refractivity contribution is -0.119. The molecule has 2 aromatic rings. The highest BCUT2D eigenvalue weighted by atomic mass is 32.2. The number of amides is 1. The van der Waals surface area contributed by atoms with Gasteiger partial charge in [-0.2, -0.15) is 0 Å². The first-order valence-corrected chi connectivity index (χ1v) is 8.73. The molecule has 0 aliphatic carbocycles. The molecular formula is C16H21N3O2S. The van der Waals surface area contributed by atoms with Crippen LogP contribution in [0, 0.1) is 0 Å². The minimum atomic E-state index is 0.0576. The lowest BCUT2D eigenvalue weighted by Gasteiger charge is -2.31. The van der Waals surface area contributed by atoms with Gasteiger partial charge in [0.15, 0.2) is 5.58 Å². The number of carbonyl (C=O) groups is 1. The number of thioether (sulfide) groups is 1. The minimum absolute atomic E-state index is 0.0576. The van der Waals surface area contributed by atoms with Crippen LogP contribution in [-0.2, 0) is 4.79 Å². The number of oxazole rings is 1. The second-order valence-corrected chi connectivity index (χ2v) is 6.44. The molecule has 3 rings (SSSR count). The lowest BCUT2D eigenvalue weighted by atomic mass is 10.1. The van der Waals surface area contributed by atoms with Crippen LogP contribution in [0.3, 0.4) is 0 Å². The fraction of sp³-hybridized carbons (Fsp3) is 0.500. The summed E-state index contributed by atoms with van der Waals surface area (Å²) in [7, 11) is 0. The molecule has 1 aromatic carbocycles. The van der Waals surface area contributed by atoms with Crippen LogP contribution in [0.5, 0.6) is 0 Å². The summed E-state index contributed by atoms with van der Waals surface area (Å²) in [6.07, 6.45) is 2.07. The van der Waals surface area contributed by atoms with Gasteiger partial charge < -0.3 is 14.6 Å². The third-order valence-electron chi connectivity index (χ3n) is 4.00. The van der Waals surface area contributed by atoms with Gasteiger partial charge >= 0.3 is 0 Å². The van der Waals surface area contributed by atoms with Crippen LogP contribution in [0.4, 0.5) is 0 Å². The predicted octanol–water partition coefficient (Wildman–Crippen LogP) is 2.52. The van der Waals surface area contributed by atoms with Crippen molar-refractivity contribution >= 4 is 28.8 Å². The van der Waals surface area contributed by atoms with E-state index in [0.29, 0.717) is 17.0 Å². The van der Waals surface area contributed by atoms with Crippen molar-refractivity contribution < 1.29 is 9.21 Å². The first-order chi connectivity index (χ1) is 10.7. The average Bonchev–Trinajstić information content (AvgIpc) is 2.96. The zero-order valence-corrected chi connectivity index (χ0v) is 13.6. The van der Waals surface area contributed by atoms with E-state index in [0.717, 1.165) is 43.6 Å². The van der Waals surface area contributed by atoms with E-state index >= 15 is 0 Å². The zero-order chi connectivity index (χ0) is 15.4. The second kappa shape index (κ2) is 7.15. The first-order valence-electron chi connectivity index (χ1n) is 7.74. The topological polar surface area (TPSA) is 58.4 Å². The molecule has 2 heterocycles. The number of nitrogens with one attached hydrogen (secondary N) is 1. The Balaban J connectivity index is 1.46. The number of carbonyl (C=O) groups excluding carboxylic acids is 1. The van der Waals surface area contributed by atoms with Crippen LogP contribution < -0.4 is 5.32 Å². The van der Waals surface area contributed by atoms with Crippen molar-refractivity contribution in [3.63, 3.8) is 0 Å². The molecule has 118 valence electrons. The predicted molar refractivity (Wildman–Crippen MR) is 88.0 cm³/mol. The summed E-state index contributed by atoms with van der Waals surface area (Å²) in [5.41, 5.74) is 1.59. The van der Waals surface area contributed by atoms with Gasteiger partial charge in [-0.15, -0.1) is 0 Å². The Morgan fingerprint density at radius 3 is 2.91 bits per heavy atom. The quantitative estimate of drug-likeness (QED) is 0.858. The SMILES string of the molecule is CCN1CCC(NC(=O)CSc2nc3ccccc3o2)CC1. The molecule has 1 aliphatic rings. The van der Waals surface area contributed by atoms with Gasteiger partial charge in [0.25, 0.3) is 5.22 Å². The molecule has 6 heteroatoms. The molecule has 0 atom stereocenters. The smallest absolute Gasteiger partial charge is 0.257 e. The molecule has 0 radical (unpaired) electrons. The molecule has 22 heavy (non-hydrogen) atoms. The maximum atomic E-state index is 12.0. The van der Waals surface area contributed by atoms with Crippen molar-refractivity contribution in [1.82, 2.24) is 15.2 Å². The van der Waals surface area contributed by atoms with Crippen LogP contribution in [0.15, 0.2) is 33.9 Å². The fourth-order valence-electron chi connectivity index (χ4n) is 2.70. The largest absolute Gasteiger partial charge is 0.431 e. The minimum Gasteiger partial charge on any atom is -0.431 e. The van der Waals surface area contributed by atoms with Crippen LogP contribution in [0.2, 0.25) is 0 Å². The number of benzene rings is 1. The van der Waals surface area contributed by atoms with E-state index in [-0.39, 0.29) is 5.91 Å². The van der Waals surface area contributed by atoms with Crippen molar-refractivity contribution in [2.75, 3.05) is 25.4 Å². The third-order valence-corrected chi connectivity index (χ3v) is 4.83. The van der Waals surface area contributed by atoms with Gasteiger partial charge in [0.1, 0.15) is 5.52 Å². The average molecular weight is 319 g/mol. The van der Waals surface area contributed by atoms with E-state index in [9.17, 15) is 4.79 Å². The summed E-state index contributed by atoms with van der Waals surface area (Å²) in [6, 6.07) is 7.93. The highest BCUT2D eigenvalue weighted by molar-refractivity contribution is 7.99. The number of hydrogen-bond acceptors (Lipinski definition) is 5. The summed E-state index contributed by atoms with van der Waals surface area (Å²) in [5.74, 6) is 0.406. The molecule has 1 saturated heterocycles. The van der Waals surface area contributed by atoms with Crippen molar-refractivity contribution in [1.29, 1.82) is 0 Å². The van der Waals surface area contributed by atoms with E-state index in [1.807, 2.05) is 24.3 Å². The van der Waals surface area contributed by atoms with Crippen LogP contribution in [0.1, 0.15) is 19.8 Å². The Morgan fingerprint density at radius 1 is 1.41 bits per heavy atom. The number of likely N-dealkylation sites (tertiary alicyclic amines) is 1. The molecule has 1 amide bonds. The maximum Gasteiger partial charge on any atom is 0.257 e. The molecule has 0 unspecified atom stereocenters. The second-order valence-electron chi connectivity index (χ2n) is 5.51. The van der Waals surface area contributed by atoms with Gasteiger partial charge in [-0.05, 0) is 31.5 Å². The molecular weight excluding hydrogens is 298 g/mol. The Labute approximate surface area is 134 Å². The number of nitrogens with zero attached hydrogens (tertiary/aromatic N) is 2. The Morgan fingerprint density at radius 2 is 2.18 bits per heavy atom. The Hall–Kier alpha value is -1.53. The van der Waals surface area contributed by atoms with Crippen molar-refractivity contribution in [2.24, 2.45) is 0 Å². The number of para-hydroxylation sites is 2. The summed E-state index contributed by atoms with van der Waals surface area (Å²) in [4.78, 5) is 18.8.